The van der Waals surface area contributed by atoms with Crippen molar-refractivity contribution in [2.45, 2.75) is 13.1 Å². The Morgan fingerprint density at radius 2 is 2.00 bits per heavy atom. The summed E-state index contributed by atoms with van der Waals surface area (Å²) in [6.45, 7) is 1.59. The highest BCUT2D eigenvalue weighted by atomic mass is 19.4. The second-order valence-electron chi connectivity index (χ2n) is 2.85. The molecule has 0 aliphatic carbocycles. The van der Waals surface area contributed by atoms with Crippen molar-refractivity contribution in [1.82, 2.24) is 0 Å². The zero-order valence-corrected chi connectivity index (χ0v) is 7.89. The third kappa shape index (κ3) is 2.59. The second-order valence-corrected chi connectivity index (χ2v) is 2.85. The largest absolute Gasteiger partial charge is 0.417 e. The van der Waals surface area contributed by atoms with Gasteiger partial charge in [-0.3, -0.25) is 0 Å². The van der Waals surface area contributed by atoms with Gasteiger partial charge in [0.05, 0.1) is 17.2 Å². The lowest BCUT2D eigenvalue weighted by Crippen LogP contribution is -2.07. The van der Waals surface area contributed by atoms with E-state index >= 15 is 0 Å². The van der Waals surface area contributed by atoms with Crippen LogP contribution in [0.5, 0.6) is 0 Å². The molecular formula is C11H7F3N. The molecule has 0 aliphatic heterocycles. The van der Waals surface area contributed by atoms with Gasteiger partial charge in [-0.2, -0.15) is 18.4 Å². The molecule has 0 aromatic heterocycles. The first kappa shape index (κ1) is 11.3. The van der Waals surface area contributed by atoms with Crippen LogP contribution in [0, 0.1) is 17.4 Å². The normalized spacial score (nSPS) is 11.7. The molecule has 0 saturated heterocycles. The summed E-state index contributed by atoms with van der Waals surface area (Å²) in [6.07, 6.45) is -0.446. The Kier molecular flexibility index (Phi) is 3.15. The lowest BCUT2D eigenvalue weighted by molar-refractivity contribution is -0.137. The fourth-order valence-electron chi connectivity index (χ4n) is 1.15. The topological polar surface area (TPSA) is 23.8 Å². The number of benzene rings is 1. The maximum Gasteiger partial charge on any atom is 0.417 e. The van der Waals surface area contributed by atoms with Gasteiger partial charge in [-0.05, 0) is 30.7 Å². The predicted molar refractivity (Wildman–Crippen MR) is 49.5 cm³/mol. The van der Waals surface area contributed by atoms with Crippen molar-refractivity contribution in [1.29, 1.82) is 5.26 Å². The molecule has 1 aromatic carbocycles. The number of nitriles is 1. The minimum Gasteiger partial charge on any atom is -0.192 e. The molecule has 1 rings (SSSR count). The Morgan fingerprint density at radius 3 is 2.47 bits per heavy atom. The molecular weight excluding hydrogens is 203 g/mol. The van der Waals surface area contributed by atoms with Gasteiger partial charge in [0, 0.05) is 0 Å². The maximum absolute atomic E-state index is 12.5. The van der Waals surface area contributed by atoms with E-state index in [0.717, 1.165) is 12.1 Å². The highest BCUT2D eigenvalue weighted by molar-refractivity contribution is 5.53. The summed E-state index contributed by atoms with van der Waals surface area (Å²) in [5, 5.41) is 8.53. The van der Waals surface area contributed by atoms with Gasteiger partial charge in [0.2, 0.25) is 0 Å². The van der Waals surface area contributed by atoms with E-state index in [1.165, 1.54) is 18.2 Å². The number of alkyl halides is 3. The number of nitrogens with zero attached hydrogens (tertiary/aromatic N) is 1. The average Bonchev–Trinajstić information content (AvgIpc) is 2.17. The van der Waals surface area contributed by atoms with Crippen LogP contribution < -0.4 is 0 Å². The summed E-state index contributed by atoms with van der Waals surface area (Å²) in [7, 11) is 0. The summed E-state index contributed by atoms with van der Waals surface area (Å²) < 4.78 is 37.4. The maximum atomic E-state index is 12.5. The monoisotopic (exact) mass is 210 g/mol. The standard InChI is InChI=1S/C11H7F3N/c1-2-3-8-4-5-9(7-15)10(6-8)11(12,13)14/h3-6H,1H3. The first-order valence-electron chi connectivity index (χ1n) is 4.11. The van der Waals surface area contributed by atoms with Crippen LogP contribution in [0.2, 0.25) is 0 Å². The van der Waals surface area contributed by atoms with Crippen molar-refractivity contribution in [3.05, 3.63) is 41.0 Å². The molecule has 0 spiro atoms. The third-order valence-corrected chi connectivity index (χ3v) is 1.78. The van der Waals surface area contributed by atoms with E-state index in [1.807, 2.05) is 0 Å². The van der Waals surface area contributed by atoms with Crippen molar-refractivity contribution in [2.24, 2.45) is 0 Å². The van der Waals surface area contributed by atoms with E-state index in [2.05, 4.69) is 6.08 Å². The molecule has 0 amide bonds. The fourth-order valence-corrected chi connectivity index (χ4v) is 1.15. The molecule has 4 heteroatoms. The van der Waals surface area contributed by atoms with Gasteiger partial charge in [-0.25, -0.2) is 0 Å². The number of halogens is 3. The van der Waals surface area contributed by atoms with E-state index < -0.39 is 11.7 Å². The first-order chi connectivity index (χ1) is 6.99. The van der Waals surface area contributed by atoms with Crippen LogP contribution in [-0.4, -0.2) is 0 Å². The van der Waals surface area contributed by atoms with E-state index in [1.54, 1.807) is 6.92 Å². The average molecular weight is 210 g/mol. The summed E-state index contributed by atoms with van der Waals surface area (Å²) >= 11 is 0. The van der Waals surface area contributed by atoms with E-state index in [9.17, 15) is 13.2 Å². The van der Waals surface area contributed by atoms with Crippen LogP contribution in [0.25, 0.3) is 6.08 Å². The van der Waals surface area contributed by atoms with Gasteiger partial charge in [-0.1, -0.05) is 12.1 Å². The zero-order chi connectivity index (χ0) is 11.5. The molecule has 0 heterocycles. The molecule has 1 nitrogen and oxygen atoms in total. The van der Waals surface area contributed by atoms with Crippen LogP contribution in [0.15, 0.2) is 18.2 Å². The Hall–Kier alpha value is -1.76. The summed E-state index contributed by atoms with van der Waals surface area (Å²) in [4.78, 5) is 0. The van der Waals surface area contributed by atoms with Gasteiger partial charge in [0.1, 0.15) is 0 Å². The molecule has 0 fully saturated rings. The van der Waals surface area contributed by atoms with Gasteiger partial charge in [0.25, 0.3) is 0 Å². The number of allylic oxidation sites excluding steroid dienone is 1. The lowest BCUT2D eigenvalue weighted by Gasteiger charge is -2.09. The van der Waals surface area contributed by atoms with E-state index in [4.69, 9.17) is 5.26 Å². The first-order valence-corrected chi connectivity index (χ1v) is 4.11. The molecule has 15 heavy (non-hydrogen) atoms. The highest BCUT2D eigenvalue weighted by Gasteiger charge is 2.33. The molecule has 1 aromatic rings. The van der Waals surface area contributed by atoms with Gasteiger partial charge in [0.15, 0.2) is 0 Å². The molecule has 0 unspecified atom stereocenters. The summed E-state index contributed by atoms with van der Waals surface area (Å²) in [5.74, 6) is 0. The predicted octanol–water partition coefficient (Wildman–Crippen LogP) is 3.41. The molecule has 0 atom stereocenters. The van der Waals surface area contributed by atoms with Crippen molar-refractivity contribution in [2.75, 3.05) is 0 Å². The van der Waals surface area contributed by atoms with Crippen molar-refractivity contribution >= 4 is 6.08 Å². The molecule has 77 valence electrons. The van der Waals surface area contributed by atoms with Crippen LogP contribution in [0.1, 0.15) is 23.6 Å². The lowest BCUT2D eigenvalue weighted by atomic mass is 10.0. The summed E-state index contributed by atoms with van der Waals surface area (Å²) in [6, 6.07) is 5.06. The summed E-state index contributed by atoms with van der Waals surface area (Å²) in [5.41, 5.74) is -0.895. The Labute approximate surface area is 85.5 Å². The minimum absolute atomic E-state index is 0.365. The number of hydrogen-bond donors (Lipinski definition) is 0. The Morgan fingerprint density at radius 1 is 1.33 bits per heavy atom. The number of hydrogen-bond acceptors (Lipinski definition) is 1. The highest BCUT2D eigenvalue weighted by Crippen LogP contribution is 2.32. The molecule has 0 saturated carbocycles. The van der Waals surface area contributed by atoms with Crippen molar-refractivity contribution in [3.8, 4) is 6.07 Å². The van der Waals surface area contributed by atoms with E-state index in [0.29, 0.717) is 5.56 Å². The Bertz CT molecular complexity index is 424. The van der Waals surface area contributed by atoms with Crippen molar-refractivity contribution < 1.29 is 13.2 Å². The molecule has 1 radical (unpaired) electrons. The van der Waals surface area contributed by atoms with Gasteiger partial charge < -0.3 is 0 Å². The SMILES string of the molecule is C[C]=Cc1ccc(C#N)c(C(F)(F)F)c1. The fraction of sp³-hybridized carbons (Fsp3) is 0.182. The second kappa shape index (κ2) is 4.18. The van der Waals surface area contributed by atoms with Crippen molar-refractivity contribution in [3.63, 3.8) is 0 Å². The van der Waals surface area contributed by atoms with Crippen LogP contribution >= 0.6 is 0 Å². The molecule has 0 bridgehead atoms. The smallest absolute Gasteiger partial charge is 0.192 e. The molecule has 0 aliphatic rings. The van der Waals surface area contributed by atoms with E-state index in [-0.39, 0.29) is 5.56 Å². The quantitative estimate of drug-likeness (QED) is 0.696. The van der Waals surface area contributed by atoms with Gasteiger partial charge >= 0.3 is 6.18 Å². The van der Waals surface area contributed by atoms with Crippen LogP contribution in [0.4, 0.5) is 13.2 Å². The molecule has 0 N–H and O–H groups in total. The Balaban J connectivity index is 3.33. The van der Waals surface area contributed by atoms with Crippen LogP contribution in [-0.2, 0) is 6.18 Å². The van der Waals surface area contributed by atoms with Crippen LogP contribution in [0.3, 0.4) is 0 Å². The number of rotatable bonds is 1. The third-order valence-electron chi connectivity index (χ3n) is 1.78. The van der Waals surface area contributed by atoms with Gasteiger partial charge in [-0.15, -0.1) is 0 Å². The minimum atomic E-state index is -4.50. The zero-order valence-electron chi connectivity index (χ0n) is 7.89.